The van der Waals surface area contributed by atoms with Crippen molar-refractivity contribution in [3.63, 3.8) is 0 Å². The van der Waals surface area contributed by atoms with E-state index in [1.807, 2.05) is 35.0 Å². The summed E-state index contributed by atoms with van der Waals surface area (Å²) in [6, 6.07) is 31.2. The highest BCUT2D eigenvalue weighted by Gasteiger charge is 2.22. The Balaban J connectivity index is 0.974. The second-order valence-corrected chi connectivity index (χ2v) is 11.9. The van der Waals surface area contributed by atoms with Gasteiger partial charge in [-0.05, 0) is 66.4 Å². The molecular formula is C36H39N7O2. The number of fused-ring (bicyclic) bond motifs is 1. The van der Waals surface area contributed by atoms with Gasteiger partial charge in [0.15, 0.2) is 11.6 Å². The lowest BCUT2D eigenvalue weighted by atomic mass is 10.0. The first kappa shape index (κ1) is 29.0. The first-order valence-corrected chi connectivity index (χ1v) is 15.9. The normalized spacial score (nSPS) is 16.1. The molecule has 9 heteroatoms. The number of para-hydroxylation sites is 1. The Morgan fingerprint density at radius 1 is 0.822 bits per heavy atom. The van der Waals surface area contributed by atoms with Crippen LogP contribution < -0.4 is 15.5 Å². The number of aromatic nitrogens is 3. The molecule has 0 bridgehead atoms. The van der Waals surface area contributed by atoms with E-state index in [2.05, 4.69) is 97.4 Å². The Hall–Kier alpha value is -4.73. The van der Waals surface area contributed by atoms with Crippen LogP contribution in [0, 0.1) is 0 Å². The Morgan fingerprint density at radius 2 is 1.58 bits per heavy atom. The standard InChI is InChI=1S/C36H39N7O2/c44-36(38-30-16-18-41(19-17-30)25-27-6-2-1-3-7-27)24-28-26-43(33-9-5-4-8-32(28)33)35-15-14-34(39-40-35)37-29-10-12-31(13-11-29)42-20-22-45-23-21-42/h1-15,26,30H,16-25H2,(H,37,39)(H,38,44). The van der Waals surface area contributed by atoms with Crippen LogP contribution in [0.5, 0.6) is 0 Å². The number of hydrogen-bond acceptors (Lipinski definition) is 7. The quantitative estimate of drug-likeness (QED) is 0.236. The number of nitrogens with zero attached hydrogens (tertiary/aromatic N) is 5. The molecule has 3 aromatic carbocycles. The highest BCUT2D eigenvalue weighted by atomic mass is 16.5. The van der Waals surface area contributed by atoms with E-state index in [1.54, 1.807) is 0 Å². The minimum Gasteiger partial charge on any atom is -0.378 e. The minimum absolute atomic E-state index is 0.0599. The van der Waals surface area contributed by atoms with Crippen molar-refractivity contribution < 1.29 is 9.53 Å². The Kier molecular flexibility index (Phi) is 8.70. The highest BCUT2D eigenvalue weighted by molar-refractivity contribution is 5.90. The summed E-state index contributed by atoms with van der Waals surface area (Å²) in [6.45, 7) is 6.30. The van der Waals surface area contributed by atoms with E-state index in [9.17, 15) is 4.79 Å². The number of carbonyl (C=O) groups excluding carboxylic acids is 1. The smallest absolute Gasteiger partial charge is 0.224 e. The number of hydrogen-bond donors (Lipinski definition) is 2. The number of ether oxygens (including phenoxy) is 1. The Bertz CT molecular complexity index is 1710. The zero-order valence-electron chi connectivity index (χ0n) is 25.4. The van der Waals surface area contributed by atoms with Crippen LogP contribution >= 0.6 is 0 Å². The third-order valence-corrected chi connectivity index (χ3v) is 8.76. The summed E-state index contributed by atoms with van der Waals surface area (Å²) in [5, 5.41) is 16.7. The Labute approximate surface area is 263 Å². The lowest BCUT2D eigenvalue weighted by Gasteiger charge is -2.32. The fourth-order valence-electron chi connectivity index (χ4n) is 6.35. The molecule has 0 saturated carbocycles. The molecular weight excluding hydrogens is 562 g/mol. The predicted molar refractivity (Wildman–Crippen MR) is 178 cm³/mol. The van der Waals surface area contributed by atoms with Crippen LogP contribution in [0.2, 0.25) is 0 Å². The molecule has 2 N–H and O–H groups in total. The van der Waals surface area contributed by atoms with Gasteiger partial charge in [-0.25, -0.2) is 0 Å². The second-order valence-electron chi connectivity index (χ2n) is 11.9. The number of anilines is 3. The van der Waals surface area contributed by atoms with Crippen molar-refractivity contribution in [1.82, 2.24) is 25.0 Å². The molecule has 0 radical (unpaired) electrons. The van der Waals surface area contributed by atoms with E-state index in [-0.39, 0.29) is 11.9 Å². The van der Waals surface area contributed by atoms with Gasteiger partial charge in [0.2, 0.25) is 5.91 Å². The molecule has 2 saturated heterocycles. The molecule has 9 nitrogen and oxygen atoms in total. The summed E-state index contributed by atoms with van der Waals surface area (Å²) in [6.07, 6.45) is 4.28. The summed E-state index contributed by atoms with van der Waals surface area (Å²) in [4.78, 5) is 18.0. The average molecular weight is 602 g/mol. The van der Waals surface area contributed by atoms with E-state index < -0.39 is 0 Å². The fraction of sp³-hybridized carbons (Fsp3) is 0.306. The lowest BCUT2D eigenvalue weighted by Crippen LogP contribution is -2.44. The van der Waals surface area contributed by atoms with Gasteiger partial charge in [0.1, 0.15) is 0 Å². The second kappa shape index (κ2) is 13.5. The van der Waals surface area contributed by atoms with Crippen LogP contribution in [0.25, 0.3) is 16.7 Å². The summed E-state index contributed by atoms with van der Waals surface area (Å²) in [5.41, 5.74) is 5.47. The van der Waals surface area contributed by atoms with Crippen LogP contribution in [0.4, 0.5) is 17.2 Å². The number of carbonyl (C=O) groups is 1. The first-order chi connectivity index (χ1) is 22.2. The molecule has 2 aliphatic heterocycles. The van der Waals surface area contributed by atoms with E-state index in [4.69, 9.17) is 4.74 Å². The van der Waals surface area contributed by atoms with Gasteiger partial charge in [-0.2, -0.15) is 0 Å². The van der Waals surface area contributed by atoms with Gasteiger partial charge in [-0.15, -0.1) is 10.2 Å². The van der Waals surface area contributed by atoms with Crippen LogP contribution in [-0.2, 0) is 22.5 Å². The fourth-order valence-corrected chi connectivity index (χ4v) is 6.35. The molecule has 1 amide bonds. The summed E-state index contributed by atoms with van der Waals surface area (Å²) in [7, 11) is 0. The molecule has 5 aromatic rings. The van der Waals surface area contributed by atoms with E-state index in [1.165, 1.54) is 11.3 Å². The van der Waals surface area contributed by atoms with Gasteiger partial charge in [0.25, 0.3) is 0 Å². The molecule has 0 unspecified atom stereocenters. The SMILES string of the molecule is O=C(Cc1cn(-c2ccc(Nc3ccc(N4CCOCC4)cc3)nn2)c2ccccc12)NC1CCN(Cc2ccccc2)CC1. The number of morpholine rings is 1. The molecule has 45 heavy (non-hydrogen) atoms. The first-order valence-electron chi connectivity index (χ1n) is 15.9. The number of nitrogens with one attached hydrogen (secondary N) is 2. The van der Waals surface area contributed by atoms with Crippen molar-refractivity contribution in [2.75, 3.05) is 49.6 Å². The summed E-state index contributed by atoms with van der Waals surface area (Å²) in [5.74, 6) is 1.44. The molecule has 2 aliphatic rings. The predicted octanol–water partition coefficient (Wildman–Crippen LogP) is 5.32. The number of benzene rings is 3. The maximum Gasteiger partial charge on any atom is 0.224 e. The molecule has 2 aromatic heterocycles. The van der Waals surface area contributed by atoms with E-state index in [0.717, 1.165) is 80.9 Å². The molecule has 0 atom stereocenters. The van der Waals surface area contributed by atoms with Gasteiger partial charge >= 0.3 is 0 Å². The molecule has 4 heterocycles. The van der Waals surface area contributed by atoms with Crippen LogP contribution in [0.1, 0.15) is 24.0 Å². The maximum atomic E-state index is 13.2. The van der Waals surface area contributed by atoms with Gasteiger partial charge in [0.05, 0.1) is 25.2 Å². The third kappa shape index (κ3) is 7.00. The molecule has 230 valence electrons. The number of likely N-dealkylation sites (tertiary alicyclic amines) is 1. The zero-order chi connectivity index (χ0) is 30.4. The topological polar surface area (TPSA) is 87.5 Å². The number of rotatable bonds is 9. The van der Waals surface area contributed by atoms with Crippen LogP contribution in [0.15, 0.2) is 97.2 Å². The number of piperidine rings is 1. The molecule has 7 rings (SSSR count). The largest absolute Gasteiger partial charge is 0.378 e. The van der Waals surface area contributed by atoms with Crippen LogP contribution in [-0.4, -0.2) is 71.0 Å². The minimum atomic E-state index is 0.0599. The molecule has 0 spiro atoms. The van der Waals surface area contributed by atoms with Crippen molar-refractivity contribution in [2.24, 2.45) is 0 Å². The highest BCUT2D eigenvalue weighted by Crippen LogP contribution is 2.26. The molecule has 0 aliphatic carbocycles. The maximum absolute atomic E-state index is 13.2. The monoisotopic (exact) mass is 601 g/mol. The van der Waals surface area contributed by atoms with Gasteiger partial charge in [0, 0.05) is 61.7 Å². The lowest BCUT2D eigenvalue weighted by molar-refractivity contribution is -0.121. The van der Waals surface area contributed by atoms with Crippen molar-refractivity contribution >= 4 is 34.0 Å². The number of amides is 1. The van der Waals surface area contributed by atoms with Gasteiger partial charge < -0.3 is 20.3 Å². The van der Waals surface area contributed by atoms with E-state index >= 15 is 0 Å². The summed E-state index contributed by atoms with van der Waals surface area (Å²) < 4.78 is 7.48. The van der Waals surface area contributed by atoms with Crippen LogP contribution in [0.3, 0.4) is 0 Å². The zero-order valence-corrected chi connectivity index (χ0v) is 25.4. The Morgan fingerprint density at radius 3 is 2.33 bits per heavy atom. The van der Waals surface area contributed by atoms with Gasteiger partial charge in [-0.1, -0.05) is 48.5 Å². The van der Waals surface area contributed by atoms with Gasteiger partial charge in [-0.3, -0.25) is 14.3 Å². The van der Waals surface area contributed by atoms with Crippen molar-refractivity contribution in [1.29, 1.82) is 0 Å². The average Bonchev–Trinajstić information content (AvgIpc) is 3.45. The summed E-state index contributed by atoms with van der Waals surface area (Å²) >= 11 is 0. The third-order valence-electron chi connectivity index (χ3n) is 8.76. The molecule has 2 fully saturated rings. The van der Waals surface area contributed by atoms with Crippen molar-refractivity contribution in [2.45, 2.75) is 31.8 Å². The van der Waals surface area contributed by atoms with Crippen molar-refractivity contribution in [3.8, 4) is 5.82 Å². The van der Waals surface area contributed by atoms with E-state index in [0.29, 0.717) is 18.1 Å². The van der Waals surface area contributed by atoms with Crippen molar-refractivity contribution in [3.05, 3.63) is 108 Å².